The van der Waals surface area contributed by atoms with E-state index in [1.807, 2.05) is 33.7 Å². The van der Waals surface area contributed by atoms with Crippen LogP contribution in [0.2, 0.25) is 0 Å². The van der Waals surface area contributed by atoms with Gasteiger partial charge in [-0.25, -0.2) is 0 Å². The molecule has 3 aromatic rings. The summed E-state index contributed by atoms with van der Waals surface area (Å²) in [6.45, 7) is 2.50. The van der Waals surface area contributed by atoms with Crippen molar-refractivity contribution in [2.24, 2.45) is 0 Å². The van der Waals surface area contributed by atoms with E-state index < -0.39 is 5.60 Å². The third-order valence-corrected chi connectivity index (χ3v) is 8.03. The van der Waals surface area contributed by atoms with Crippen molar-refractivity contribution in [2.45, 2.75) is 30.9 Å². The number of amides is 1. The molecule has 0 saturated carbocycles. The van der Waals surface area contributed by atoms with Crippen molar-refractivity contribution in [1.82, 2.24) is 10.2 Å². The molecule has 0 bridgehead atoms. The summed E-state index contributed by atoms with van der Waals surface area (Å²) in [7, 11) is 4.59. The Morgan fingerprint density at radius 3 is 2.14 bits per heavy atom. The standard InChI is InChI=1S/C26H32N2O5S2/c1-31-22-5-4-21(23(32-2)24(22)33-3)25(29)27-20-6-11-28(12-7-20)13-10-26(30,18-8-14-34-16-18)19-9-15-35-17-19/h4-5,8-9,14-17,20,30H,6-7,10-13H2,1-3H3,(H,27,29). The summed E-state index contributed by atoms with van der Waals surface area (Å²) in [5.41, 5.74) is 1.35. The molecule has 1 saturated heterocycles. The molecule has 188 valence electrons. The average molecular weight is 517 g/mol. The van der Waals surface area contributed by atoms with E-state index in [1.165, 1.54) is 14.2 Å². The molecule has 0 atom stereocenters. The second-order valence-electron chi connectivity index (χ2n) is 8.61. The summed E-state index contributed by atoms with van der Waals surface area (Å²) in [4.78, 5) is 15.4. The first-order valence-electron chi connectivity index (χ1n) is 11.6. The minimum absolute atomic E-state index is 0.0733. The summed E-state index contributed by atoms with van der Waals surface area (Å²) in [5.74, 6) is 1.09. The third-order valence-electron chi connectivity index (χ3n) is 6.66. The number of nitrogens with one attached hydrogen (secondary N) is 1. The van der Waals surface area contributed by atoms with Gasteiger partial charge < -0.3 is 29.5 Å². The number of hydrogen-bond acceptors (Lipinski definition) is 8. The maximum Gasteiger partial charge on any atom is 0.255 e. The fraction of sp³-hybridized carbons (Fsp3) is 0.423. The Morgan fingerprint density at radius 1 is 1.00 bits per heavy atom. The van der Waals surface area contributed by atoms with Gasteiger partial charge in [0.1, 0.15) is 5.60 Å². The van der Waals surface area contributed by atoms with E-state index in [0.29, 0.717) is 29.2 Å². The number of aliphatic hydroxyl groups is 1. The van der Waals surface area contributed by atoms with Gasteiger partial charge in [0.15, 0.2) is 11.5 Å². The monoisotopic (exact) mass is 516 g/mol. The van der Waals surface area contributed by atoms with E-state index in [9.17, 15) is 9.90 Å². The van der Waals surface area contributed by atoms with Crippen LogP contribution in [-0.2, 0) is 5.60 Å². The molecule has 0 spiro atoms. The lowest BCUT2D eigenvalue weighted by molar-refractivity contribution is 0.0534. The van der Waals surface area contributed by atoms with Gasteiger partial charge in [-0.3, -0.25) is 4.79 Å². The number of rotatable bonds is 10. The van der Waals surface area contributed by atoms with Crippen molar-refractivity contribution >= 4 is 28.6 Å². The molecule has 4 rings (SSSR count). The smallest absolute Gasteiger partial charge is 0.255 e. The van der Waals surface area contributed by atoms with Crippen molar-refractivity contribution in [2.75, 3.05) is 41.0 Å². The van der Waals surface area contributed by atoms with E-state index in [0.717, 1.165) is 43.6 Å². The predicted molar refractivity (Wildman–Crippen MR) is 139 cm³/mol. The quantitative estimate of drug-likeness (QED) is 0.417. The van der Waals surface area contributed by atoms with Crippen LogP contribution < -0.4 is 19.5 Å². The summed E-state index contributed by atoms with van der Waals surface area (Å²) >= 11 is 3.20. The number of thiophene rings is 2. The van der Waals surface area contributed by atoms with Crippen molar-refractivity contribution in [3.05, 3.63) is 62.5 Å². The first-order valence-corrected chi connectivity index (χ1v) is 13.5. The first-order chi connectivity index (χ1) is 17.0. The molecular weight excluding hydrogens is 484 g/mol. The minimum Gasteiger partial charge on any atom is -0.493 e. The lowest BCUT2D eigenvalue weighted by Gasteiger charge is -2.35. The van der Waals surface area contributed by atoms with E-state index >= 15 is 0 Å². The van der Waals surface area contributed by atoms with Gasteiger partial charge >= 0.3 is 0 Å². The van der Waals surface area contributed by atoms with Gasteiger partial charge in [0.25, 0.3) is 5.91 Å². The number of ether oxygens (including phenoxy) is 3. The zero-order valence-electron chi connectivity index (χ0n) is 20.3. The lowest BCUT2D eigenvalue weighted by atomic mass is 9.86. The van der Waals surface area contributed by atoms with Gasteiger partial charge in [-0.05, 0) is 76.2 Å². The highest BCUT2D eigenvalue weighted by Gasteiger charge is 2.33. The van der Waals surface area contributed by atoms with Gasteiger partial charge in [0.2, 0.25) is 5.75 Å². The Hall–Kier alpha value is -2.59. The number of carbonyl (C=O) groups is 1. The zero-order valence-corrected chi connectivity index (χ0v) is 21.9. The zero-order chi connectivity index (χ0) is 24.8. The van der Waals surface area contributed by atoms with Crippen LogP contribution in [0.25, 0.3) is 0 Å². The Morgan fingerprint density at radius 2 is 1.63 bits per heavy atom. The fourth-order valence-electron chi connectivity index (χ4n) is 4.62. The summed E-state index contributed by atoms with van der Waals surface area (Å²) in [6, 6.07) is 7.49. The normalized spacial score (nSPS) is 15.1. The Kier molecular flexibility index (Phi) is 8.33. The molecule has 1 aliphatic rings. The number of benzene rings is 1. The maximum atomic E-state index is 13.0. The van der Waals surface area contributed by atoms with Crippen molar-refractivity contribution < 1.29 is 24.1 Å². The highest BCUT2D eigenvalue weighted by molar-refractivity contribution is 7.08. The average Bonchev–Trinajstić information content (AvgIpc) is 3.62. The Bertz CT molecular complexity index is 1060. The van der Waals surface area contributed by atoms with Crippen LogP contribution >= 0.6 is 22.7 Å². The van der Waals surface area contributed by atoms with E-state index in [1.54, 1.807) is 41.9 Å². The summed E-state index contributed by atoms with van der Waals surface area (Å²) < 4.78 is 16.2. The van der Waals surface area contributed by atoms with Gasteiger partial charge in [-0.2, -0.15) is 22.7 Å². The van der Waals surface area contributed by atoms with Crippen LogP contribution in [-0.4, -0.2) is 62.9 Å². The molecule has 0 radical (unpaired) electrons. The van der Waals surface area contributed by atoms with Crippen LogP contribution in [0.4, 0.5) is 0 Å². The number of methoxy groups -OCH3 is 3. The highest BCUT2D eigenvalue weighted by Crippen LogP contribution is 2.40. The van der Waals surface area contributed by atoms with Gasteiger partial charge in [-0.1, -0.05) is 0 Å². The molecule has 1 aliphatic heterocycles. The fourth-order valence-corrected chi connectivity index (χ4v) is 6.07. The topological polar surface area (TPSA) is 80.3 Å². The maximum absolute atomic E-state index is 13.0. The van der Waals surface area contributed by atoms with Crippen LogP contribution in [0.1, 0.15) is 40.7 Å². The molecule has 35 heavy (non-hydrogen) atoms. The number of piperidine rings is 1. The van der Waals surface area contributed by atoms with E-state index in [4.69, 9.17) is 14.2 Å². The van der Waals surface area contributed by atoms with Crippen molar-refractivity contribution in [3.8, 4) is 17.2 Å². The summed E-state index contributed by atoms with van der Waals surface area (Å²) in [6.07, 6.45) is 2.31. The molecule has 7 nitrogen and oxygen atoms in total. The first kappa shape index (κ1) is 25.5. The van der Waals surface area contributed by atoms with Crippen LogP contribution in [0.15, 0.2) is 45.8 Å². The molecule has 1 aromatic carbocycles. The third kappa shape index (κ3) is 5.48. The predicted octanol–water partition coefficient (Wildman–Crippen LogP) is 4.36. The molecule has 9 heteroatoms. The van der Waals surface area contributed by atoms with Gasteiger partial charge in [0, 0.05) is 25.7 Å². The Balaban J connectivity index is 1.34. The van der Waals surface area contributed by atoms with Gasteiger partial charge in [0.05, 0.1) is 26.9 Å². The largest absolute Gasteiger partial charge is 0.493 e. The molecule has 1 amide bonds. The molecular formula is C26H32N2O5S2. The molecule has 0 unspecified atom stereocenters. The molecule has 2 aromatic heterocycles. The van der Waals surface area contributed by atoms with Crippen LogP contribution in [0, 0.1) is 0 Å². The number of carbonyl (C=O) groups excluding carboxylic acids is 1. The van der Waals surface area contributed by atoms with E-state index in [2.05, 4.69) is 10.2 Å². The summed E-state index contributed by atoms with van der Waals surface area (Å²) in [5, 5.41) is 22.8. The van der Waals surface area contributed by atoms with Crippen molar-refractivity contribution in [1.29, 1.82) is 0 Å². The van der Waals surface area contributed by atoms with Crippen LogP contribution in [0.3, 0.4) is 0 Å². The number of likely N-dealkylation sites (tertiary alicyclic amines) is 1. The number of nitrogens with zero attached hydrogens (tertiary/aromatic N) is 1. The second kappa shape index (κ2) is 11.4. The Labute approximate surface area is 214 Å². The lowest BCUT2D eigenvalue weighted by Crippen LogP contribution is -2.45. The van der Waals surface area contributed by atoms with E-state index in [-0.39, 0.29) is 11.9 Å². The molecule has 0 aliphatic carbocycles. The van der Waals surface area contributed by atoms with Crippen molar-refractivity contribution in [3.63, 3.8) is 0 Å². The highest BCUT2D eigenvalue weighted by atomic mass is 32.1. The van der Waals surface area contributed by atoms with Crippen LogP contribution in [0.5, 0.6) is 17.2 Å². The number of hydrogen-bond donors (Lipinski definition) is 2. The SMILES string of the molecule is COc1ccc(C(=O)NC2CCN(CCC(O)(c3ccsc3)c3ccsc3)CC2)c(OC)c1OC. The van der Waals surface area contributed by atoms with Gasteiger partial charge in [-0.15, -0.1) is 0 Å². The molecule has 3 heterocycles. The second-order valence-corrected chi connectivity index (χ2v) is 10.2. The minimum atomic E-state index is -0.977. The molecule has 1 fully saturated rings. The molecule has 2 N–H and O–H groups in total.